The third-order valence-electron chi connectivity index (χ3n) is 3.09. The molecule has 0 saturated carbocycles. The van der Waals surface area contributed by atoms with Crippen molar-refractivity contribution in [3.05, 3.63) is 64.7 Å². The maximum absolute atomic E-state index is 6.10. The number of ether oxygens (including phenoxy) is 2. The van der Waals surface area contributed by atoms with E-state index in [1.165, 1.54) is 5.56 Å². The number of nitrogens with one attached hydrogen (secondary N) is 1. The van der Waals surface area contributed by atoms with E-state index in [4.69, 9.17) is 21.1 Å². The van der Waals surface area contributed by atoms with Gasteiger partial charge in [-0.2, -0.15) is 0 Å². The highest BCUT2D eigenvalue weighted by Crippen LogP contribution is 2.18. The number of benzene rings is 2. The van der Waals surface area contributed by atoms with Crippen molar-refractivity contribution < 1.29 is 9.47 Å². The maximum atomic E-state index is 6.10. The summed E-state index contributed by atoms with van der Waals surface area (Å²) < 4.78 is 10.7. The van der Waals surface area contributed by atoms with E-state index in [-0.39, 0.29) is 0 Å². The molecule has 1 N–H and O–H groups in total. The minimum Gasteiger partial charge on any atom is -0.489 e. The van der Waals surface area contributed by atoms with Crippen LogP contribution in [0.25, 0.3) is 0 Å². The lowest BCUT2D eigenvalue weighted by atomic mass is 10.2. The number of rotatable bonds is 8. The molecule has 4 heteroatoms. The SMILES string of the molecule is COCCNCc1ccc(OCc2ccccc2Cl)cc1. The van der Waals surface area contributed by atoms with Crippen molar-refractivity contribution in [2.45, 2.75) is 13.2 Å². The average Bonchev–Trinajstić information content (AvgIpc) is 2.52. The van der Waals surface area contributed by atoms with Crippen molar-refractivity contribution in [1.29, 1.82) is 0 Å². The van der Waals surface area contributed by atoms with Crippen molar-refractivity contribution in [3.63, 3.8) is 0 Å². The average molecular weight is 306 g/mol. The summed E-state index contributed by atoms with van der Waals surface area (Å²) in [6.45, 7) is 2.87. The van der Waals surface area contributed by atoms with Crippen LogP contribution in [0.15, 0.2) is 48.5 Å². The van der Waals surface area contributed by atoms with Crippen molar-refractivity contribution >= 4 is 11.6 Å². The monoisotopic (exact) mass is 305 g/mol. The summed E-state index contributed by atoms with van der Waals surface area (Å²) in [7, 11) is 1.70. The number of hydrogen-bond acceptors (Lipinski definition) is 3. The van der Waals surface area contributed by atoms with Gasteiger partial charge in [-0.1, -0.05) is 41.9 Å². The predicted molar refractivity (Wildman–Crippen MR) is 85.8 cm³/mol. The van der Waals surface area contributed by atoms with Crippen molar-refractivity contribution in [3.8, 4) is 5.75 Å². The van der Waals surface area contributed by atoms with Gasteiger partial charge in [0.15, 0.2) is 0 Å². The number of halogens is 1. The Balaban J connectivity index is 1.81. The first-order valence-corrected chi connectivity index (χ1v) is 7.32. The third kappa shape index (κ3) is 5.38. The van der Waals surface area contributed by atoms with Gasteiger partial charge >= 0.3 is 0 Å². The summed E-state index contributed by atoms with van der Waals surface area (Å²) >= 11 is 6.10. The van der Waals surface area contributed by atoms with Gasteiger partial charge in [0, 0.05) is 30.8 Å². The van der Waals surface area contributed by atoms with E-state index in [1.54, 1.807) is 7.11 Å². The molecule has 0 atom stereocenters. The molecule has 0 saturated heterocycles. The van der Waals surface area contributed by atoms with Crippen LogP contribution < -0.4 is 10.1 Å². The Hall–Kier alpha value is -1.55. The first-order chi connectivity index (χ1) is 10.3. The van der Waals surface area contributed by atoms with Crippen molar-refractivity contribution in [2.24, 2.45) is 0 Å². The first-order valence-electron chi connectivity index (χ1n) is 6.94. The molecule has 0 amide bonds. The van der Waals surface area contributed by atoms with E-state index >= 15 is 0 Å². The maximum Gasteiger partial charge on any atom is 0.119 e. The van der Waals surface area contributed by atoms with Gasteiger partial charge in [-0.05, 0) is 23.8 Å². The molecule has 0 aliphatic rings. The van der Waals surface area contributed by atoms with Crippen LogP contribution in [0.1, 0.15) is 11.1 Å². The molecule has 0 aromatic heterocycles. The van der Waals surface area contributed by atoms with Gasteiger partial charge < -0.3 is 14.8 Å². The predicted octanol–water partition coefficient (Wildman–Crippen LogP) is 3.66. The van der Waals surface area contributed by atoms with Gasteiger partial charge in [-0.15, -0.1) is 0 Å². The Labute approximate surface area is 130 Å². The highest BCUT2D eigenvalue weighted by Gasteiger charge is 2.00. The topological polar surface area (TPSA) is 30.5 Å². The second-order valence-electron chi connectivity index (χ2n) is 4.69. The second kappa shape index (κ2) is 8.67. The van der Waals surface area contributed by atoms with Crippen LogP contribution in [-0.2, 0) is 17.9 Å². The van der Waals surface area contributed by atoms with Crippen LogP contribution >= 0.6 is 11.6 Å². The lowest BCUT2D eigenvalue weighted by Gasteiger charge is -2.09. The Morgan fingerprint density at radius 2 is 1.81 bits per heavy atom. The molecule has 0 aliphatic heterocycles. The fourth-order valence-corrected chi connectivity index (χ4v) is 2.08. The fourth-order valence-electron chi connectivity index (χ4n) is 1.89. The van der Waals surface area contributed by atoms with Crippen molar-refractivity contribution in [1.82, 2.24) is 5.32 Å². The van der Waals surface area contributed by atoms with Gasteiger partial charge in [0.2, 0.25) is 0 Å². The van der Waals surface area contributed by atoms with Gasteiger partial charge in [0.25, 0.3) is 0 Å². The lowest BCUT2D eigenvalue weighted by Crippen LogP contribution is -2.18. The fraction of sp³-hybridized carbons (Fsp3) is 0.294. The van der Waals surface area contributed by atoms with Gasteiger partial charge in [-0.3, -0.25) is 0 Å². The first kappa shape index (κ1) is 15.8. The molecule has 21 heavy (non-hydrogen) atoms. The Morgan fingerprint density at radius 1 is 1.05 bits per heavy atom. The molecule has 2 rings (SSSR count). The van der Waals surface area contributed by atoms with Crippen LogP contribution in [0, 0.1) is 0 Å². The quantitative estimate of drug-likeness (QED) is 0.755. The molecule has 0 heterocycles. The van der Waals surface area contributed by atoms with Crippen LogP contribution in [0.4, 0.5) is 0 Å². The van der Waals surface area contributed by atoms with Gasteiger partial charge in [0.05, 0.1) is 6.61 Å². The molecular formula is C17H20ClNO2. The van der Waals surface area contributed by atoms with Crippen LogP contribution in [-0.4, -0.2) is 20.3 Å². The summed E-state index contributed by atoms with van der Waals surface area (Å²) in [5.41, 5.74) is 2.21. The highest BCUT2D eigenvalue weighted by atomic mass is 35.5. The molecule has 0 unspecified atom stereocenters. The standard InChI is InChI=1S/C17H20ClNO2/c1-20-11-10-19-12-14-6-8-16(9-7-14)21-13-15-4-2-3-5-17(15)18/h2-9,19H,10-13H2,1H3. The molecule has 112 valence electrons. The van der Waals surface area contributed by atoms with E-state index in [0.29, 0.717) is 6.61 Å². The second-order valence-corrected chi connectivity index (χ2v) is 5.10. The van der Waals surface area contributed by atoms with Crippen LogP contribution in [0.2, 0.25) is 5.02 Å². The van der Waals surface area contributed by atoms with E-state index in [0.717, 1.165) is 36.0 Å². The molecule has 0 radical (unpaired) electrons. The van der Waals surface area contributed by atoms with Gasteiger partial charge in [0.1, 0.15) is 12.4 Å². The highest BCUT2D eigenvalue weighted by molar-refractivity contribution is 6.31. The zero-order valence-corrected chi connectivity index (χ0v) is 12.9. The summed E-state index contributed by atoms with van der Waals surface area (Å²) in [5.74, 6) is 0.843. The Bertz CT molecular complexity index is 543. The van der Waals surface area contributed by atoms with E-state index in [1.807, 2.05) is 36.4 Å². The molecule has 2 aromatic carbocycles. The molecule has 0 bridgehead atoms. The summed E-state index contributed by atoms with van der Waals surface area (Å²) in [5, 5.41) is 4.04. The van der Waals surface area contributed by atoms with Crippen LogP contribution in [0.3, 0.4) is 0 Å². The Morgan fingerprint density at radius 3 is 2.52 bits per heavy atom. The van der Waals surface area contributed by atoms with E-state index < -0.39 is 0 Å². The molecule has 0 spiro atoms. The summed E-state index contributed by atoms with van der Waals surface area (Å²) in [6.07, 6.45) is 0. The normalized spacial score (nSPS) is 10.6. The summed E-state index contributed by atoms with van der Waals surface area (Å²) in [6, 6.07) is 15.8. The number of hydrogen-bond donors (Lipinski definition) is 1. The Kier molecular flexibility index (Phi) is 6.54. The zero-order chi connectivity index (χ0) is 14.9. The molecule has 0 aliphatic carbocycles. The molecule has 2 aromatic rings. The minimum absolute atomic E-state index is 0.477. The van der Waals surface area contributed by atoms with E-state index in [2.05, 4.69) is 17.4 Å². The zero-order valence-electron chi connectivity index (χ0n) is 12.1. The largest absolute Gasteiger partial charge is 0.489 e. The van der Waals surface area contributed by atoms with Crippen LogP contribution in [0.5, 0.6) is 5.75 Å². The molecular weight excluding hydrogens is 286 g/mol. The van der Waals surface area contributed by atoms with Crippen molar-refractivity contribution in [2.75, 3.05) is 20.3 Å². The third-order valence-corrected chi connectivity index (χ3v) is 3.46. The minimum atomic E-state index is 0.477. The smallest absolute Gasteiger partial charge is 0.119 e. The van der Waals surface area contributed by atoms with Gasteiger partial charge in [-0.25, -0.2) is 0 Å². The molecule has 3 nitrogen and oxygen atoms in total. The lowest BCUT2D eigenvalue weighted by molar-refractivity contribution is 0.199. The van der Waals surface area contributed by atoms with E-state index in [9.17, 15) is 0 Å². The summed E-state index contributed by atoms with van der Waals surface area (Å²) in [4.78, 5) is 0. The molecule has 0 fully saturated rings. The number of methoxy groups -OCH3 is 1.